The van der Waals surface area contributed by atoms with Gasteiger partial charge in [-0.2, -0.15) is 5.26 Å². The van der Waals surface area contributed by atoms with Crippen LogP contribution in [0.25, 0.3) is 0 Å². The van der Waals surface area contributed by atoms with Gasteiger partial charge in [0.2, 0.25) is 5.91 Å². The average Bonchev–Trinajstić information content (AvgIpc) is 2.55. The van der Waals surface area contributed by atoms with Gasteiger partial charge in [-0.05, 0) is 50.1 Å². The summed E-state index contributed by atoms with van der Waals surface area (Å²) in [4.78, 5) is 14.2. The monoisotopic (exact) mass is 347 g/mol. The number of carbonyl (C=O) groups is 1. The van der Waals surface area contributed by atoms with Crippen LogP contribution in [0.2, 0.25) is 0 Å². The van der Waals surface area contributed by atoms with Crippen molar-refractivity contribution in [3.8, 4) is 17.6 Å². The lowest BCUT2D eigenvalue weighted by Crippen LogP contribution is -2.51. The summed E-state index contributed by atoms with van der Waals surface area (Å²) in [5, 5.41) is 12.1. The fourth-order valence-corrected chi connectivity index (χ4v) is 2.42. The first-order valence-corrected chi connectivity index (χ1v) is 8.29. The third-order valence-electron chi connectivity index (χ3n) is 4.48. The van der Waals surface area contributed by atoms with E-state index >= 15 is 0 Å². The standard InChI is InChI=1S/C19H29N3O3/c1-13(2)19(4,12-20)21-18(23)11-22(5)10-15-9-17(25-7)16(24-6)8-14(15)3/h8-9,13H,10-11H2,1-7H3,(H,21,23)/t19-/m1/s1. The number of hydrogen-bond acceptors (Lipinski definition) is 5. The fraction of sp³-hybridized carbons (Fsp3) is 0.579. The molecule has 0 aliphatic heterocycles. The van der Waals surface area contributed by atoms with Crippen LogP contribution < -0.4 is 14.8 Å². The van der Waals surface area contributed by atoms with Crippen LogP contribution in [0.3, 0.4) is 0 Å². The van der Waals surface area contributed by atoms with Crippen LogP contribution in [-0.2, 0) is 11.3 Å². The van der Waals surface area contributed by atoms with Gasteiger partial charge >= 0.3 is 0 Å². The van der Waals surface area contributed by atoms with Crippen molar-refractivity contribution in [1.82, 2.24) is 10.2 Å². The molecule has 0 spiro atoms. The van der Waals surface area contributed by atoms with E-state index < -0.39 is 5.54 Å². The van der Waals surface area contributed by atoms with E-state index in [0.29, 0.717) is 18.0 Å². The first-order chi connectivity index (χ1) is 11.7. The van der Waals surface area contributed by atoms with Crippen molar-refractivity contribution in [2.24, 2.45) is 5.92 Å². The van der Waals surface area contributed by atoms with E-state index in [4.69, 9.17) is 9.47 Å². The zero-order valence-corrected chi connectivity index (χ0v) is 16.3. The quantitative estimate of drug-likeness (QED) is 0.782. The van der Waals surface area contributed by atoms with Crippen LogP contribution in [0.1, 0.15) is 31.9 Å². The maximum Gasteiger partial charge on any atom is 0.235 e. The number of nitrogens with one attached hydrogen (secondary N) is 1. The molecule has 0 aliphatic carbocycles. The lowest BCUT2D eigenvalue weighted by molar-refractivity contribution is -0.123. The van der Waals surface area contributed by atoms with E-state index in [-0.39, 0.29) is 18.4 Å². The van der Waals surface area contributed by atoms with Crippen molar-refractivity contribution < 1.29 is 14.3 Å². The van der Waals surface area contributed by atoms with Gasteiger partial charge in [0.1, 0.15) is 5.54 Å². The van der Waals surface area contributed by atoms with E-state index in [9.17, 15) is 10.1 Å². The Morgan fingerprint density at radius 2 is 1.88 bits per heavy atom. The summed E-state index contributed by atoms with van der Waals surface area (Å²) >= 11 is 0. The highest BCUT2D eigenvalue weighted by Crippen LogP contribution is 2.30. The van der Waals surface area contributed by atoms with Gasteiger partial charge in [0.05, 0.1) is 26.8 Å². The molecule has 6 nitrogen and oxygen atoms in total. The van der Waals surface area contributed by atoms with Crippen LogP contribution in [-0.4, -0.2) is 44.2 Å². The van der Waals surface area contributed by atoms with Crippen molar-refractivity contribution in [3.63, 3.8) is 0 Å². The Hall–Kier alpha value is -2.26. The van der Waals surface area contributed by atoms with Crippen molar-refractivity contribution in [2.75, 3.05) is 27.8 Å². The lowest BCUT2D eigenvalue weighted by Gasteiger charge is -2.28. The average molecular weight is 347 g/mol. The van der Waals surface area contributed by atoms with Crippen molar-refractivity contribution in [1.29, 1.82) is 5.26 Å². The van der Waals surface area contributed by atoms with Crippen LogP contribution in [0, 0.1) is 24.2 Å². The second kappa shape index (κ2) is 8.72. The van der Waals surface area contributed by atoms with Crippen LogP contribution in [0.4, 0.5) is 0 Å². The van der Waals surface area contributed by atoms with E-state index in [2.05, 4.69) is 11.4 Å². The van der Waals surface area contributed by atoms with Crippen molar-refractivity contribution in [2.45, 2.75) is 39.8 Å². The van der Waals surface area contributed by atoms with E-state index in [1.54, 1.807) is 21.1 Å². The zero-order chi connectivity index (χ0) is 19.2. The summed E-state index contributed by atoms with van der Waals surface area (Å²) in [6, 6.07) is 6.04. The number of nitriles is 1. The van der Waals surface area contributed by atoms with Crippen LogP contribution in [0.15, 0.2) is 12.1 Å². The predicted octanol–water partition coefficient (Wildman–Crippen LogP) is 2.50. The highest BCUT2D eigenvalue weighted by Gasteiger charge is 2.30. The maximum absolute atomic E-state index is 12.3. The van der Waals surface area contributed by atoms with Gasteiger partial charge in [-0.3, -0.25) is 9.69 Å². The van der Waals surface area contributed by atoms with Gasteiger partial charge in [0, 0.05) is 6.54 Å². The zero-order valence-electron chi connectivity index (χ0n) is 16.3. The number of nitrogens with zero attached hydrogens (tertiary/aromatic N) is 2. The minimum absolute atomic E-state index is 0.0276. The summed E-state index contributed by atoms with van der Waals surface area (Å²) in [5.74, 6) is 1.21. The SMILES string of the molecule is COc1cc(C)c(CN(C)CC(=O)N[C@](C)(C#N)C(C)C)cc1OC. The second-order valence-corrected chi connectivity index (χ2v) is 6.82. The minimum atomic E-state index is -0.864. The van der Waals surface area contributed by atoms with Gasteiger partial charge in [-0.1, -0.05) is 13.8 Å². The van der Waals surface area contributed by atoms with Crippen LogP contribution in [0.5, 0.6) is 11.5 Å². The molecule has 1 aromatic rings. The van der Waals surface area contributed by atoms with Gasteiger partial charge in [0.15, 0.2) is 11.5 Å². The number of ether oxygens (including phenoxy) is 2. The second-order valence-electron chi connectivity index (χ2n) is 6.82. The number of amides is 1. The molecule has 1 N–H and O–H groups in total. The van der Waals surface area contributed by atoms with Gasteiger partial charge in [0.25, 0.3) is 0 Å². The van der Waals surface area contributed by atoms with Gasteiger partial charge in [-0.25, -0.2) is 0 Å². The molecular weight excluding hydrogens is 318 g/mol. The molecule has 0 saturated carbocycles. The maximum atomic E-state index is 12.3. The molecule has 0 radical (unpaired) electrons. The number of hydrogen-bond donors (Lipinski definition) is 1. The minimum Gasteiger partial charge on any atom is -0.493 e. The summed E-state index contributed by atoms with van der Waals surface area (Å²) in [6.45, 7) is 8.37. The molecule has 1 atom stereocenters. The molecule has 0 unspecified atom stereocenters. The van der Waals surface area contributed by atoms with Crippen molar-refractivity contribution in [3.05, 3.63) is 23.3 Å². The Balaban J connectivity index is 2.79. The first-order valence-electron chi connectivity index (χ1n) is 8.29. The highest BCUT2D eigenvalue weighted by molar-refractivity contribution is 5.79. The Morgan fingerprint density at radius 1 is 1.32 bits per heavy atom. The molecule has 0 aliphatic rings. The van der Waals surface area contributed by atoms with Crippen molar-refractivity contribution >= 4 is 5.91 Å². The molecule has 0 saturated heterocycles. The summed E-state index contributed by atoms with van der Waals surface area (Å²) in [5.41, 5.74) is 1.26. The largest absolute Gasteiger partial charge is 0.493 e. The lowest BCUT2D eigenvalue weighted by atomic mass is 9.90. The first kappa shape index (κ1) is 20.8. The summed E-state index contributed by atoms with van der Waals surface area (Å²) in [6.07, 6.45) is 0. The number of aryl methyl sites for hydroxylation is 1. The fourth-order valence-electron chi connectivity index (χ4n) is 2.42. The molecule has 25 heavy (non-hydrogen) atoms. The van der Waals surface area contributed by atoms with E-state index in [1.165, 1.54) is 0 Å². The Morgan fingerprint density at radius 3 is 2.36 bits per heavy atom. The Labute approximate surface area is 150 Å². The summed E-state index contributed by atoms with van der Waals surface area (Å²) in [7, 11) is 5.08. The van der Waals surface area contributed by atoms with Crippen LogP contribution >= 0.6 is 0 Å². The topological polar surface area (TPSA) is 74.6 Å². The molecular formula is C19H29N3O3. The Kier molecular flexibility index (Phi) is 7.25. The number of benzene rings is 1. The number of carbonyl (C=O) groups excluding carboxylic acids is 1. The van der Waals surface area contributed by atoms with E-state index in [0.717, 1.165) is 11.1 Å². The molecule has 0 bridgehead atoms. The molecule has 0 fully saturated rings. The smallest absolute Gasteiger partial charge is 0.235 e. The molecule has 0 heterocycles. The molecule has 138 valence electrons. The predicted molar refractivity (Wildman–Crippen MR) is 97.6 cm³/mol. The normalized spacial score (nSPS) is 13.3. The van der Waals surface area contributed by atoms with E-state index in [1.807, 2.05) is 44.9 Å². The Bertz CT molecular complexity index is 652. The highest BCUT2D eigenvalue weighted by atomic mass is 16.5. The molecule has 1 aromatic carbocycles. The molecule has 1 amide bonds. The van der Waals surface area contributed by atoms with Gasteiger partial charge < -0.3 is 14.8 Å². The summed E-state index contributed by atoms with van der Waals surface area (Å²) < 4.78 is 10.6. The van der Waals surface area contributed by atoms with Gasteiger partial charge in [-0.15, -0.1) is 0 Å². The molecule has 0 aromatic heterocycles. The number of rotatable bonds is 8. The molecule has 6 heteroatoms. The molecule has 1 rings (SSSR count). The number of likely N-dealkylation sites (N-methyl/N-ethyl adjacent to an activating group) is 1. The third-order valence-corrected chi connectivity index (χ3v) is 4.48. The third kappa shape index (κ3) is 5.36. The number of methoxy groups -OCH3 is 2.